The normalized spacial score (nSPS) is 23.3. The first-order valence-electron chi connectivity index (χ1n) is 8.47. The van der Waals surface area contributed by atoms with Crippen LogP contribution in [0.25, 0.3) is 0 Å². The first kappa shape index (κ1) is 16.0. The van der Waals surface area contributed by atoms with Crippen LogP contribution in [0.2, 0.25) is 0 Å². The molecule has 6 heteroatoms. The minimum atomic E-state index is -0.0295. The highest BCUT2D eigenvalue weighted by Gasteiger charge is 2.34. The van der Waals surface area contributed by atoms with E-state index in [1.165, 1.54) is 23.7 Å². The van der Waals surface area contributed by atoms with E-state index in [1.54, 1.807) is 11.9 Å². The average Bonchev–Trinajstić information content (AvgIpc) is 2.52. The van der Waals surface area contributed by atoms with Gasteiger partial charge in [0.05, 0.1) is 18.6 Å². The van der Waals surface area contributed by atoms with Crippen molar-refractivity contribution < 1.29 is 4.79 Å². The van der Waals surface area contributed by atoms with Crippen molar-refractivity contribution in [2.24, 2.45) is 12.5 Å². The van der Waals surface area contributed by atoms with E-state index in [2.05, 4.69) is 24.1 Å². The van der Waals surface area contributed by atoms with E-state index in [0.717, 1.165) is 24.1 Å². The number of aryl methyl sites for hydroxylation is 1. The molecule has 0 radical (unpaired) electrons. The minimum absolute atomic E-state index is 0.00321. The lowest BCUT2D eigenvalue weighted by Crippen LogP contribution is -2.52. The smallest absolute Gasteiger partial charge is 0.317 e. The van der Waals surface area contributed by atoms with Gasteiger partial charge in [0.25, 0.3) is 5.56 Å². The molecule has 2 aliphatic rings. The molecule has 1 aliphatic heterocycles. The van der Waals surface area contributed by atoms with Gasteiger partial charge in [0.1, 0.15) is 0 Å². The molecule has 3 rings (SSSR count). The maximum absolute atomic E-state index is 12.6. The number of fused-ring (bicyclic) bond motifs is 1. The SMILES string of the molecule is Cn1cnc2c(c1=O)CCN(C(=O)N[C@@H]1CCCCC1(C)C)C2. The molecular weight excluding hydrogens is 292 g/mol. The zero-order chi connectivity index (χ0) is 16.6. The predicted octanol–water partition coefficient (Wildman–Crippen LogP) is 1.82. The maximum Gasteiger partial charge on any atom is 0.317 e. The number of nitrogens with zero attached hydrogens (tertiary/aromatic N) is 3. The molecule has 1 aromatic rings. The number of carbonyl (C=O) groups is 1. The Labute approximate surface area is 136 Å². The quantitative estimate of drug-likeness (QED) is 0.859. The van der Waals surface area contributed by atoms with Crippen LogP contribution in [-0.4, -0.2) is 33.1 Å². The van der Waals surface area contributed by atoms with Gasteiger partial charge < -0.3 is 14.8 Å². The third kappa shape index (κ3) is 3.12. The molecule has 0 spiro atoms. The zero-order valence-electron chi connectivity index (χ0n) is 14.3. The van der Waals surface area contributed by atoms with Crippen LogP contribution in [0.4, 0.5) is 4.79 Å². The highest BCUT2D eigenvalue weighted by molar-refractivity contribution is 5.75. The monoisotopic (exact) mass is 318 g/mol. The van der Waals surface area contributed by atoms with Gasteiger partial charge in [-0.15, -0.1) is 0 Å². The fourth-order valence-electron chi connectivity index (χ4n) is 3.69. The van der Waals surface area contributed by atoms with Crippen LogP contribution in [0.5, 0.6) is 0 Å². The number of amides is 2. The van der Waals surface area contributed by atoms with Gasteiger partial charge in [-0.05, 0) is 24.7 Å². The van der Waals surface area contributed by atoms with Crippen molar-refractivity contribution >= 4 is 6.03 Å². The number of carbonyl (C=O) groups excluding carboxylic acids is 1. The summed E-state index contributed by atoms with van der Waals surface area (Å²) in [5.41, 5.74) is 1.63. The van der Waals surface area contributed by atoms with Crippen LogP contribution < -0.4 is 10.9 Å². The number of aromatic nitrogens is 2. The Bertz CT molecular complexity index is 665. The summed E-state index contributed by atoms with van der Waals surface area (Å²) in [4.78, 5) is 30.8. The molecule has 2 heterocycles. The Kier molecular flexibility index (Phi) is 4.17. The summed E-state index contributed by atoms with van der Waals surface area (Å²) in [6, 6.07) is 0.194. The largest absolute Gasteiger partial charge is 0.335 e. The molecular formula is C17H26N4O2. The number of urea groups is 1. The highest BCUT2D eigenvalue weighted by Crippen LogP contribution is 2.35. The lowest BCUT2D eigenvalue weighted by molar-refractivity contribution is 0.144. The summed E-state index contributed by atoms with van der Waals surface area (Å²) < 4.78 is 1.50. The van der Waals surface area contributed by atoms with Gasteiger partial charge in [0, 0.05) is 25.2 Å². The summed E-state index contributed by atoms with van der Waals surface area (Å²) in [6.07, 6.45) is 6.73. The van der Waals surface area contributed by atoms with Gasteiger partial charge in [0.15, 0.2) is 0 Å². The topological polar surface area (TPSA) is 67.2 Å². The molecule has 0 saturated heterocycles. The van der Waals surface area contributed by atoms with Crippen molar-refractivity contribution in [3.8, 4) is 0 Å². The molecule has 0 aromatic carbocycles. The van der Waals surface area contributed by atoms with Crippen LogP contribution in [0.3, 0.4) is 0 Å². The van der Waals surface area contributed by atoms with Crippen LogP contribution in [0.1, 0.15) is 50.8 Å². The van der Waals surface area contributed by atoms with E-state index in [4.69, 9.17) is 0 Å². The molecule has 0 bridgehead atoms. The Balaban J connectivity index is 1.70. The molecule has 1 aromatic heterocycles. The molecule has 1 N–H and O–H groups in total. The van der Waals surface area contributed by atoms with E-state index < -0.39 is 0 Å². The second-order valence-corrected chi connectivity index (χ2v) is 7.49. The minimum Gasteiger partial charge on any atom is -0.335 e. The van der Waals surface area contributed by atoms with Crippen molar-refractivity contribution in [3.05, 3.63) is 27.9 Å². The Morgan fingerprint density at radius 3 is 2.91 bits per heavy atom. The lowest BCUT2D eigenvalue weighted by Gasteiger charge is -2.40. The maximum atomic E-state index is 12.6. The molecule has 1 fully saturated rings. The predicted molar refractivity (Wildman–Crippen MR) is 88.2 cm³/mol. The zero-order valence-corrected chi connectivity index (χ0v) is 14.3. The van der Waals surface area contributed by atoms with Crippen molar-refractivity contribution in [3.63, 3.8) is 0 Å². The Morgan fingerprint density at radius 2 is 2.17 bits per heavy atom. The first-order valence-corrected chi connectivity index (χ1v) is 8.47. The lowest BCUT2D eigenvalue weighted by atomic mass is 9.73. The van der Waals surface area contributed by atoms with Gasteiger partial charge in [-0.2, -0.15) is 0 Å². The van der Waals surface area contributed by atoms with Crippen LogP contribution in [0, 0.1) is 5.41 Å². The molecule has 1 atom stereocenters. The van der Waals surface area contributed by atoms with E-state index in [0.29, 0.717) is 19.5 Å². The fourth-order valence-corrected chi connectivity index (χ4v) is 3.69. The molecule has 126 valence electrons. The molecule has 0 unspecified atom stereocenters. The van der Waals surface area contributed by atoms with E-state index in [1.807, 2.05) is 0 Å². The van der Waals surface area contributed by atoms with E-state index in [9.17, 15) is 9.59 Å². The van der Waals surface area contributed by atoms with Crippen molar-refractivity contribution in [2.75, 3.05) is 6.54 Å². The fraction of sp³-hybridized carbons (Fsp3) is 0.706. The van der Waals surface area contributed by atoms with Gasteiger partial charge in [-0.3, -0.25) is 4.79 Å². The highest BCUT2D eigenvalue weighted by atomic mass is 16.2. The van der Waals surface area contributed by atoms with Crippen molar-refractivity contribution in [1.29, 1.82) is 0 Å². The first-order chi connectivity index (χ1) is 10.9. The average molecular weight is 318 g/mol. The summed E-state index contributed by atoms with van der Waals surface area (Å²) in [6.45, 7) is 5.46. The summed E-state index contributed by atoms with van der Waals surface area (Å²) in [5.74, 6) is 0. The summed E-state index contributed by atoms with van der Waals surface area (Å²) >= 11 is 0. The number of nitrogens with one attached hydrogen (secondary N) is 1. The van der Waals surface area contributed by atoms with E-state index >= 15 is 0 Å². The summed E-state index contributed by atoms with van der Waals surface area (Å²) in [5, 5.41) is 3.21. The van der Waals surface area contributed by atoms with E-state index in [-0.39, 0.29) is 23.0 Å². The van der Waals surface area contributed by atoms with Crippen molar-refractivity contribution in [1.82, 2.24) is 19.8 Å². The third-order valence-corrected chi connectivity index (χ3v) is 5.38. The molecule has 23 heavy (non-hydrogen) atoms. The van der Waals surface area contributed by atoms with Gasteiger partial charge in [-0.1, -0.05) is 26.7 Å². The summed E-state index contributed by atoms with van der Waals surface area (Å²) in [7, 11) is 1.71. The molecule has 6 nitrogen and oxygen atoms in total. The van der Waals surface area contributed by atoms with Crippen LogP contribution >= 0.6 is 0 Å². The Morgan fingerprint density at radius 1 is 1.39 bits per heavy atom. The van der Waals surface area contributed by atoms with Gasteiger partial charge in [-0.25, -0.2) is 9.78 Å². The second-order valence-electron chi connectivity index (χ2n) is 7.49. The number of hydrogen-bond donors (Lipinski definition) is 1. The molecule has 1 saturated carbocycles. The second kappa shape index (κ2) is 5.98. The van der Waals surface area contributed by atoms with Crippen molar-refractivity contribution in [2.45, 2.75) is 58.5 Å². The van der Waals surface area contributed by atoms with Crippen LogP contribution in [0.15, 0.2) is 11.1 Å². The number of hydrogen-bond acceptors (Lipinski definition) is 3. The van der Waals surface area contributed by atoms with Gasteiger partial charge >= 0.3 is 6.03 Å². The van der Waals surface area contributed by atoms with Gasteiger partial charge in [0.2, 0.25) is 0 Å². The number of rotatable bonds is 1. The molecule has 2 amide bonds. The Hall–Kier alpha value is -1.85. The standard InChI is InChI=1S/C17H26N4O2/c1-17(2)8-5-4-6-14(17)19-16(23)21-9-7-12-13(10-21)18-11-20(3)15(12)22/h11,14H,4-10H2,1-3H3,(H,19,23)/t14-/m1/s1. The molecule has 1 aliphatic carbocycles. The van der Waals surface area contributed by atoms with Crippen LogP contribution in [-0.2, 0) is 20.0 Å². The third-order valence-electron chi connectivity index (χ3n) is 5.38.